The van der Waals surface area contributed by atoms with Crippen molar-refractivity contribution in [1.29, 1.82) is 0 Å². The zero-order valence-corrected chi connectivity index (χ0v) is 9.61. The van der Waals surface area contributed by atoms with Crippen molar-refractivity contribution in [2.24, 2.45) is 21.7 Å². The number of rotatable bonds is 2. The number of hydrogen-bond donors (Lipinski definition) is 2. The van der Waals surface area contributed by atoms with E-state index in [0.29, 0.717) is 6.04 Å². The van der Waals surface area contributed by atoms with Crippen molar-refractivity contribution in [3.63, 3.8) is 0 Å². The van der Waals surface area contributed by atoms with Gasteiger partial charge in [-0.15, -0.1) is 5.10 Å². The predicted molar refractivity (Wildman–Crippen MR) is 63.8 cm³/mol. The lowest BCUT2D eigenvalue weighted by molar-refractivity contribution is 0.233. The Morgan fingerprint density at radius 3 is 2.60 bits per heavy atom. The van der Waals surface area contributed by atoms with Crippen molar-refractivity contribution in [3.8, 4) is 0 Å². The van der Waals surface area contributed by atoms with Crippen molar-refractivity contribution in [1.82, 2.24) is 4.90 Å². The molecule has 0 bridgehead atoms. The molecule has 1 aliphatic rings. The molecular weight excluding hydrogens is 190 g/mol. The van der Waals surface area contributed by atoms with E-state index in [0.717, 1.165) is 38.1 Å². The Morgan fingerprint density at radius 1 is 1.27 bits per heavy atom. The molecule has 0 unspecified atom stereocenters. The zero-order chi connectivity index (χ0) is 11.3. The molecule has 4 N–H and O–H groups in total. The first-order valence-electron chi connectivity index (χ1n) is 5.48. The van der Waals surface area contributed by atoms with Gasteiger partial charge in [-0.05, 0) is 33.2 Å². The van der Waals surface area contributed by atoms with Gasteiger partial charge < -0.3 is 16.4 Å². The van der Waals surface area contributed by atoms with E-state index in [2.05, 4.69) is 29.0 Å². The molecule has 86 valence electrons. The molecule has 0 atom stereocenters. The highest BCUT2D eigenvalue weighted by Gasteiger charge is 2.14. The fourth-order valence-electron chi connectivity index (χ4n) is 1.74. The fourth-order valence-corrected chi connectivity index (χ4v) is 1.74. The van der Waals surface area contributed by atoms with Gasteiger partial charge in [0.25, 0.3) is 0 Å². The molecule has 0 radical (unpaired) electrons. The molecule has 0 aromatic heterocycles. The lowest BCUT2D eigenvalue weighted by atomic mass is 10.2. The van der Waals surface area contributed by atoms with Crippen molar-refractivity contribution >= 4 is 11.7 Å². The van der Waals surface area contributed by atoms with Crippen LogP contribution in [0.15, 0.2) is 10.2 Å². The predicted octanol–water partition coefficient (Wildman–Crippen LogP) is 0.510. The highest BCUT2D eigenvalue weighted by molar-refractivity contribution is 5.86. The minimum absolute atomic E-state index is 0.0347. The van der Waals surface area contributed by atoms with E-state index in [1.165, 1.54) is 0 Å². The SMILES string of the molecule is CC(C)N1CCCC(=NN=C(N)N)CC1. The standard InChI is InChI=1S/C10H21N5/c1-8(2)15-6-3-4-9(5-7-15)13-14-10(11)12/h8H,3-7H2,1-2H3,(H4,11,12,14). The van der Waals surface area contributed by atoms with E-state index in [1.54, 1.807) is 0 Å². The molecule has 0 spiro atoms. The number of nitrogens with two attached hydrogens (primary N) is 2. The molecule has 1 saturated heterocycles. The second-order valence-corrected chi connectivity index (χ2v) is 4.17. The van der Waals surface area contributed by atoms with Crippen molar-refractivity contribution in [3.05, 3.63) is 0 Å². The molecule has 0 aromatic carbocycles. The number of guanidine groups is 1. The molecule has 1 heterocycles. The third-order valence-electron chi connectivity index (χ3n) is 2.64. The number of likely N-dealkylation sites (tertiary alicyclic amines) is 1. The van der Waals surface area contributed by atoms with E-state index in [-0.39, 0.29) is 5.96 Å². The summed E-state index contributed by atoms with van der Waals surface area (Å²) < 4.78 is 0. The van der Waals surface area contributed by atoms with E-state index in [4.69, 9.17) is 11.5 Å². The smallest absolute Gasteiger partial charge is 0.211 e. The minimum atomic E-state index is 0.0347. The summed E-state index contributed by atoms with van der Waals surface area (Å²) in [6.07, 6.45) is 3.10. The maximum Gasteiger partial charge on any atom is 0.211 e. The molecule has 5 heteroatoms. The average Bonchev–Trinajstić information content (AvgIpc) is 2.39. The topological polar surface area (TPSA) is 80.0 Å². The zero-order valence-electron chi connectivity index (χ0n) is 9.61. The van der Waals surface area contributed by atoms with Crippen LogP contribution in [0.25, 0.3) is 0 Å². The minimum Gasteiger partial charge on any atom is -0.369 e. The first-order valence-corrected chi connectivity index (χ1v) is 5.48. The summed E-state index contributed by atoms with van der Waals surface area (Å²) in [5.41, 5.74) is 11.6. The maximum absolute atomic E-state index is 5.23. The van der Waals surface area contributed by atoms with Crippen LogP contribution in [0.1, 0.15) is 33.1 Å². The van der Waals surface area contributed by atoms with Crippen LogP contribution in [0.2, 0.25) is 0 Å². The molecule has 1 aliphatic heterocycles. The molecule has 0 aliphatic carbocycles. The second-order valence-electron chi connectivity index (χ2n) is 4.17. The highest BCUT2D eigenvalue weighted by atomic mass is 15.3. The number of hydrogen-bond acceptors (Lipinski definition) is 3. The Bertz CT molecular complexity index is 253. The Balaban J connectivity index is 2.52. The van der Waals surface area contributed by atoms with Crippen LogP contribution >= 0.6 is 0 Å². The average molecular weight is 211 g/mol. The normalized spacial score (nSPS) is 21.7. The van der Waals surface area contributed by atoms with Gasteiger partial charge in [-0.1, -0.05) is 0 Å². The molecular formula is C10H21N5. The molecule has 0 aromatic rings. The van der Waals surface area contributed by atoms with Crippen LogP contribution in [0.5, 0.6) is 0 Å². The molecule has 1 fully saturated rings. The van der Waals surface area contributed by atoms with Gasteiger partial charge in [-0.25, -0.2) is 0 Å². The van der Waals surface area contributed by atoms with E-state index >= 15 is 0 Å². The lowest BCUT2D eigenvalue weighted by Crippen LogP contribution is -2.31. The molecule has 0 amide bonds. The van der Waals surface area contributed by atoms with Crippen LogP contribution in [-0.2, 0) is 0 Å². The van der Waals surface area contributed by atoms with Crippen molar-refractivity contribution < 1.29 is 0 Å². The summed E-state index contributed by atoms with van der Waals surface area (Å²) in [5, 5.41) is 7.77. The largest absolute Gasteiger partial charge is 0.369 e. The number of nitrogens with zero attached hydrogens (tertiary/aromatic N) is 3. The third-order valence-corrected chi connectivity index (χ3v) is 2.64. The fraction of sp³-hybridized carbons (Fsp3) is 0.800. The van der Waals surface area contributed by atoms with Gasteiger partial charge in [0.2, 0.25) is 5.96 Å². The second kappa shape index (κ2) is 5.70. The van der Waals surface area contributed by atoms with Gasteiger partial charge in [0.1, 0.15) is 0 Å². The molecule has 0 saturated carbocycles. The van der Waals surface area contributed by atoms with E-state index in [9.17, 15) is 0 Å². The van der Waals surface area contributed by atoms with Gasteiger partial charge in [-0.2, -0.15) is 5.10 Å². The van der Waals surface area contributed by atoms with Gasteiger partial charge >= 0.3 is 0 Å². The summed E-state index contributed by atoms with van der Waals surface area (Å²) in [4.78, 5) is 2.46. The maximum atomic E-state index is 5.23. The van der Waals surface area contributed by atoms with Crippen molar-refractivity contribution in [2.45, 2.75) is 39.2 Å². The molecule has 5 nitrogen and oxygen atoms in total. The Hall–Kier alpha value is -1.10. The van der Waals surface area contributed by atoms with Gasteiger partial charge in [0.15, 0.2) is 0 Å². The van der Waals surface area contributed by atoms with Crippen LogP contribution < -0.4 is 11.5 Å². The van der Waals surface area contributed by atoms with Crippen LogP contribution in [0, 0.1) is 0 Å². The summed E-state index contributed by atoms with van der Waals surface area (Å²) in [5.74, 6) is 0.0347. The van der Waals surface area contributed by atoms with Crippen molar-refractivity contribution in [2.75, 3.05) is 13.1 Å². The highest BCUT2D eigenvalue weighted by Crippen LogP contribution is 2.11. The summed E-state index contributed by atoms with van der Waals surface area (Å²) >= 11 is 0. The van der Waals surface area contributed by atoms with Crippen LogP contribution in [-0.4, -0.2) is 35.7 Å². The first-order chi connectivity index (χ1) is 7.09. The Morgan fingerprint density at radius 2 is 2.00 bits per heavy atom. The van der Waals surface area contributed by atoms with E-state index in [1.807, 2.05) is 0 Å². The molecule has 15 heavy (non-hydrogen) atoms. The summed E-state index contributed by atoms with van der Waals surface area (Å²) in [7, 11) is 0. The molecule has 1 rings (SSSR count). The quantitative estimate of drug-likeness (QED) is 0.397. The van der Waals surface area contributed by atoms with Gasteiger partial charge in [-0.3, -0.25) is 0 Å². The third kappa shape index (κ3) is 4.29. The van der Waals surface area contributed by atoms with Gasteiger partial charge in [0, 0.05) is 24.7 Å². The van der Waals surface area contributed by atoms with Crippen LogP contribution in [0.3, 0.4) is 0 Å². The monoisotopic (exact) mass is 211 g/mol. The van der Waals surface area contributed by atoms with Gasteiger partial charge in [0.05, 0.1) is 0 Å². The van der Waals surface area contributed by atoms with E-state index < -0.39 is 0 Å². The van der Waals surface area contributed by atoms with Crippen LogP contribution in [0.4, 0.5) is 0 Å². The summed E-state index contributed by atoms with van der Waals surface area (Å²) in [6.45, 7) is 6.63. The Labute approximate surface area is 91.2 Å². The first kappa shape index (κ1) is 12.0. The Kier molecular flexibility index (Phi) is 4.55. The lowest BCUT2D eigenvalue weighted by Gasteiger charge is -2.23. The summed E-state index contributed by atoms with van der Waals surface area (Å²) in [6, 6.07) is 0.604.